The van der Waals surface area contributed by atoms with Crippen molar-refractivity contribution in [1.82, 2.24) is 9.88 Å². The standard InChI is InChI=1S/C16H19N3O/c1-11(2)16(17)9-19(10-16)15(20)13-5-6-14-12(8-13)4-3-7-18-14/h3-8,11H,9-10,17H2,1-2H3. The fourth-order valence-corrected chi connectivity index (χ4v) is 2.56. The van der Waals surface area contributed by atoms with Gasteiger partial charge >= 0.3 is 0 Å². The Morgan fingerprint density at radius 3 is 2.80 bits per heavy atom. The minimum absolute atomic E-state index is 0.0532. The van der Waals surface area contributed by atoms with Gasteiger partial charge < -0.3 is 10.6 Å². The summed E-state index contributed by atoms with van der Waals surface area (Å²) in [7, 11) is 0. The highest BCUT2D eigenvalue weighted by molar-refractivity contribution is 5.98. The second-order valence-electron chi connectivity index (χ2n) is 5.96. The smallest absolute Gasteiger partial charge is 0.254 e. The maximum absolute atomic E-state index is 12.4. The topological polar surface area (TPSA) is 59.2 Å². The summed E-state index contributed by atoms with van der Waals surface area (Å²) in [4.78, 5) is 18.5. The molecule has 1 saturated heterocycles. The van der Waals surface area contributed by atoms with Gasteiger partial charge in [0.15, 0.2) is 0 Å². The van der Waals surface area contributed by atoms with Crippen molar-refractivity contribution in [1.29, 1.82) is 0 Å². The monoisotopic (exact) mass is 269 g/mol. The average molecular weight is 269 g/mol. The second-order valence-corrected chi connectivity index (χ2v) is 5.96. The number of pyridine rings is 1. The first-order valence-corrected chi connectivity index (χ1v) is 6.92. The summed E-state index contributed by atoms with van der Waals surface area (Å²) in [5.41, 5.74) is 7.62. The van der Waals surface area contributed by atoms with Crippen LogP contribution in [0.5, 0.6) is 0 Å². The predicted octanol–water partition coefficient (Wildman–Crippen LogP) is 2.04. The van der Waals surface area contributed by atoms with Crippen LogP contribution in [-0.2, 0) is 0 Å². The van der Waals surface area contributed by atoms with Crippen LogP contribution in [0.25, 0.3) is 10.9 Å². The van der Waals surface area contributed by atoms with Crippen molar-refractivity contribution in [2.45, 2.75) is 19.4 Å². The number of hydrogen-bond acceptors (Lipinski definition) is 3. The maximum Gasteiger partial charge on any atom is 0.254 e. The number of rotatable bonds is 2. The summed E-state index contributed by atoms with van der Waals surface area (Å²) in [5, 5.41) is 0.988. The van der Waals surface area contributed by atoms with Crippen LogP contribution in [0.4, 0.5) is 0 Å². The van der Waals surface area contributed by atoms with E-state index in [-0.39, 0.29) is 11.4 Å². The van der Waals surface area contributed by atoms with Crippen molar-refractivity contribution in [2.75, 3.05) is 13.1 Å². The van der Waals surface area contributed by atoms with Gasteiger partial charge in [-0.2, -0.15) is 0 Å². The number of benzene rings is 1. The van der Waals surface area contributed by atoms with Gasteiger partial charge in [0.25, 0.3) is 5.91 Å². The highest BCUT2D eigenvalue weighted by Crippen LogP contribution is 2.28. The Labute approximate surface area is 118 Å². The normalized spacial score (nSPS) is 17.3. The van der Waals surface area contributed by atoms with Crippen LogP contribution in [0, 0.1) is 5.92 Å². The minimum Gasteiger partial charge on any atom is -0.335 e. The molecule has 1 aromatic carbocycles. The lowest BCUT2D eigenvalue weighted by atomic mass is 9.80. The molecule has 0 unspecified atom stereocenters. The second kappa shape index (κ2) is 4.56. The Morgan fingerprint density at radius 2 is 2.10 bits per heavy atom. The molecule has 0 bridgehead atoms. The van der Waals surface area contributed by atoms with E-state index in [1.54, 1.807) is 6.20 Å². The molecule has 0 saturated carbocycles. The largest absolute Gasteiger partial charge is 0.335 e. The van der Waals surface area contributed by atoms with Gasteiger partial charge in [0.05, 0.1) is 11.1 Å². The van der Waals surface area contributed by atoms with Gasteiger partial charge in [0.2, 0.25) is 0 Å². The zero-order valence-electron chi connectivity index (χ0n) is 11.8. The number of carbonyl (C=O) groups is 1. The Morgan fingerprint density at radius 1 is 1.35 bits per heavy atom. The van der Waals surface area contributed by atoms with E-state index >= 15 is 0 Å². The van der Waals surface area contributed by atoms with Gasteiger partial charge in [0.1, 0.15) is 0 Å². The van der Waals surface area contributed by atoms with E-state index in [4.69, 9.17) is 5.73 Å². The molecule has 3 rings (SSSR count). The molecule has 2 aromatic rings. The molecule has 2 heterocycles. The molecule has 4 nitrogen and oxygen atoms in total. The van der Waals surface area contributed by atoms with Crippen LogP contribution in [-0.4, -0.2) is 34.4 Å². The van der Waals surface area contributed by atoms with Gasteiger partial charge in [-0.15, -0.1) is 0 Å². The number of nitrogens with two attached hydrogens (primary N) is 1. The van der Waals surface area contributed by atoms with Gasteiger partial charge in [-0.3, -0.25) is 9.78 Å². The number of likely N-dealkylation sites (tertiary alicyclic amines) is 1. The number of nitrogens with zero attached hydrogens (tertiary/aromatic N) is 2. The molecule has 1 aliphatic heterocycles. The van der Waals surface area contributed by atoms with Crippen molar-refractivity contribution in [3.8, 4) is 0 Å². The lowest BCUT2D eigenvalue weighted by Crippen LogP contribution is -2.71. The molecule has 0 aliphatic carbocycles. The number of amides is 1. The Bertz CT molecular complexity index is 660. The first-order valence-electron chi connectivity index (χ1n) is 6.92. The van der Waals surface area contributed by atoms with Crippen molar-refractivity contribution in [3.63, 3.8) is 0 Å². The van der Waals surface area contributed by atoms with Crippen molar-refractivity contribution < 1.29 is 4.79 Å². The summed E-state index contributed by atoms with van der Waals surface area (Å²) < 4.78 is 0. The summed E-state index contributed by atoms with van der Waals surface area (Å²) in [6.07, 6.45) is 1.75. The third kappa shape index (κ3) is 2.06. The van der Waals surface area contributed by atoms with Gasteiger partial charge in [0, 0.05) is 30.2 Å². The summed E-state index contributed by atoms with van der Waals surface area (Å²) in [6, 6.07) is 9.47. The summed E-state index contributed by atoms with van der Waals surface area (Å²) in [6.45, 7) is 5.47. The van der Waals surface area contributed by atoms with E-state index in [1.165, 1.54) is 0 Å². The third-order valence-corrected chi connectivity index (χ3v) is 4.26. The Kier molecular flexibility index (Phi) is 2.98. The fraction of sp³-hybridized carbons (Fsp3) is 0.375. The minimum atomic E-state index is -0.228. The number of carbonyl (C=O) groups excluding carboxylic acids is 1. The van der Waals surface area contributed by atoms with Gasteiger partial charge in [-0.25, -0.2) is 0 Å². The predicted molar refractivity (Wildman–Crippen MR) is 79.4 cm³/mol. The maximum atomic E-state index is 12.4. The molecule has 2 N–H and O–H groups in total. The van der Waals surface area contributed by atoms with E-state index in [2.05, 4.69) is 18.8 Å². The molecular formula is C16H19N3O. The highest BCUT2D eigenvalue weighted by Gasteiger charge is 2.44. The van der Waals surface area contributed by atoms with E-state index in [1.807, 2.05) is 35.2 Å². The number of hydrogen-bond donors (Lipinski definition) is 1. The Balaban J connectivity index is 1.80. The van der Waals surface area contributed by atoms with Crippen LogP contribution >= 0.6 is 0 Å². The summed E-state index contributed by atoms with van der Waals surface area (Å²) in [5.74, 6) is 0.435. The molecule has 0 spiro atoms. The van der Waals surface area contributed by atoms with Crippen molar-refractivity contribution >= 4 is 16.8 Å². The molecular weight excluding hydrogens is 250 g/mol. The van der Waals surface area contributed by atoms with Gasteiger partial charge in [-0.05, 0) is 30.2 Å². The molecule has 0 atom stereocenters. The lowest BCUT2D eigenvalue weighted by Gasteiger charge is -2.50. The van der Waals surface area contributed by atoms with Crippen LogP contribution in [0.1, 0.15) is 24.2 Å². The SMILES string of the molecule is CC(C)C1(N)CN(C(=O)c2ccc3ncccc3c2)C1. The molecule has 20 heavy (non-hydrogen) atoms. The molecule has 0 radical (unpaired) electrons. The number of aromatic nitrogens is 1. The first kappa shape index (κ1) is 13.1. The zero-order valence-corrected chi connectivity index (χ0v) is 11.8. The van der Waals surface area contributed by atoms with Crippen LogP contribution < -0.4 is 5.73 Å². The molecule has 1 aliphatic rings. The molecule has 1 amide bonds. The molecule has 104 valence electrons. The lowest BCUT2D eigenvalue weighted by molar-refractivity contribution is 0.0275. The van der Waals surface area contributed by atoms with Gasteiger partial charge in [-0.1, -0.05) is 19.9 Å². The Hall–Kier alpha value is -1.94. The fourth-order valence-electron chi connectivity index (χ4n) is 2.56. The van der Waals surface area contributed by atoms with Crippen LogP contribution in [0.2, 0.25) is 0 Å². The highest BCUT2D eigenvalue weighted by atomic mass is 16.2. The molecule has 1 fully saturated rings. The van der Waals surface area contributed by atoms with Crippen LogP contribution in [0.15, 0.2) is 36.5 Å². The van der Waals surface area contributed by atoms with Crippen molar-refractivity contribution in [2.24, 2.45) is 11.7 Å². The quantitative estimate of drug-likeness (QED) is 0.907. The third-order valence-electron chi connectivity index (χ3n) is 4.26. The molecule has 1 aromatic heterocycles. The average Bonchev–Trinajstić information content (AvgIpc) is 2.42. The summed E-state index contributed by atoms with van der Waals surface area (Å²) >= 11 is 0. The first-order chi connectivity index (χ1) is 9.49. The van der Waals surface area contributed by atoms with E-state index in [9.17, 15) is 4.79 Å². The van der Waals surface area contributed by atoms with Crippen LogP contribution in [0.3, 0.4) is 0 Å². The van der Waals surface area contributed by atoms with E-state index in [0.717, 1.165) is 10.9 Å². The molecule has 4 heteroatoms. The van der Waals surface area contributed by atoms with Crippen molar-refractivity contribution in [3.05, 3.63) is 42.1 Å². The zero-order chi connectivity index (χ0) is 14.3. The van der Waals surface area contributed by atoms with E-state index in [0.29, 0.717) is 24.6 Å². The number of fused-ring (bicyclic) bond motifs is 1. The van der Waals surface area contributed by atoms with E-state index < -0.39 is 0 Å².